The largest absolute Gasteiger partial charge is 0.460 e. The Morgan fingerprint density at radius 2 is 2.00 bits per heavy atom. The van der Waals surface area contributed by atoms with E-state index in [0.717, 1.165) is 5.56 Å². The third-order valence-corrected chi connectivity index (χ3v) is 2.19. The molecule has 0 atom stereocenters. The van der Waals surface area contributed by atoms with Gasteiger partial charge in [0.2, 0.25) is 0 Å². The minimum atomic E-state index is -0.571. The van der Waals surface area contributed by atoms with E-state index in [1.807, 2.05) is 0 Å². The molecule has 0 aliphatic heterocycles. The highest BCUT2D eigenvalue weighted by Crippen LogP contribution is 2.13. The summed E-state index contributed by atoms with van der Waals surface area (Å²) in [7, 11) is 0. The van der Waals surface area contributed by atoms with E-state index in [1.54, 1.807) is 39.0 Å². The van der Waals surface area contributed by atoms with Crippen molar-refractivity contribution in [3.63, 3.8) is 0 Å². The van der Waals surface area contributed by atoms with E-state index in [4.69, 9.17) is 15.2 Å². The van der Waals surface area contributed by atoms with Crippen LogP contribution in [-0.2, 0) is 14.3 Å². The van der Waals surface area contributed by atoms with Gasteiger partial charge in [0.15, 0.2) is 6.61 Å². The first-order valence-corrected chi connectivity index (χ1v) is 5.63. The Balaban J connectivity index is 2.55. The van der Waals surface area contributed by atoms with Crippen molar-refractivity contribution in [2.45, 2.75) is 26.9 Å². The summed E-state index contributed by atoms with van der Waals surface area (Å²) in [4.78, 5) is 22.8. The average molecular weight is 251 g/mol. The Hall–Kier alpha value is -2.04. The van der Waals surface area contributed by atoms with Crippen LogP contribution >= 0.6 is 0 Å². The van der Waals surface area contributed by atoms with Gasteiger partial charge in [-0.05, 0) is 44.5 Å². The van der Waals surface area contributed by atoms with Crippen molar-refractivity contribution in [3.8, 4) is 0 Å². The van der Waals surface area contributed by atoms with Gasteiger partial charge in [-0.1, -0.05) is 0 Å². The fraction of sp³-hybridized carbons (Fsp3) is 0.385. The maximum absolute atomic E-state index is 11.6. The number of ether oxygens (including phenoxy) is 2. The van der Waals surface area contributed by atoms with Crippen LogP contribution in [-0.4, -0.2) is 24.6 Å². The molecule has 0 aliphatic carbocycles. The average Bonchev–Trinajstić information content (AvgIpc) is 2.28. The first-order chi connectivity index (χ1) is 8.40. The summed E-state index contributed by atoms with van der Waals surface area (Å²) < 4.78 is 9.67. The molecule has 1 aromatic carbocycles. The van der Waals surface area contributed by atoms with E-state index in [2.05, 4.69) is 0 Å². The van der Waals surface area contributed by atoms with Gasteiger partial charge in [0.25, 0.3) is 0 Å². The van der Waals surface area contributed by atoms with E-state index in [-0.39, 0.29) is 12.7 Å². The van der Waals surface area contributed by atoms with Crippen molar-refractivity contribution in [2.24, 2.45) is 0 Å². The SMILES string of the molecule is Cc1cc(C(=O)OCC(=O)OC(C)C)ccc1N. The lowest BCUT2D eigenvalue weighted by Crippen LogP contribution is -2.19. The van der Waals surface area contributed by atoms with Gasteiger partial charge in [-0.15, -0.1) is 0 Å². The van der Waals surface area contributed by atoms with Gasteiger partial charge in [0.05, 0.1) is 11.7 Å². The molecular formula is C13H17NO4. The Morgan fingerprint density at radius 1 is 1.33 bits per heavy atom. The molecule has 0 saturated heterocycles. The highest BCUT2D eigenvalue weighted by Gasteiger charge is 2.12. The smallest absolute Gasteiger partial charge is 0.344 e. The topological polar surface area (TPSA) is 78.6 Å². The minimum absolute atomic E-state index is 0.227. The molecule has 0 fully saturated rings. The van der Waals surface area contributed by atoms with E-state index in [9.17, 15) is 9.59 Å². The highest BCUT2D eigenvalue weighted by molar-refractivity contribution is 5.91. The molecule has 0 radical (unpaired) electrons. The van der Waals surface area contributed by atoms with Gasteiger partial charge in [-0.2, -0.15) is 0 Å². The van der Waals surface area contributed by atoms with Gasteiger partial charge in [-0.25, -0.2) is 9.59 Å². The van der Waals surface area contributed by atoms with Gasteiger partial charge in [-0.3, -0.25) is 0 Å². The second-order valence-corrected chi connectivity index (χ2v) is 4.19. The molecule has 0 saturated carbocycles. The molecule has 0 heterocycles. The Bertz CT molecular complexity index is 454. The summed E-state index contributed by atoms with van der Waals surface area (Å²) in [5, 5.41) is 0. The minimum Gasteiger partial charge on any atom is -0.460 e. The summed E-state index contributed by atoms with van der Waals surface area (Å²) in [5.74, 6) is -1.13. The van der Waals surface area contributed by atoms with Crippen LogP contribution in [0, 0.1) is 6.92 Å². The summed E-state index contributed by atoms with van der Waals surface area (Å²) in [5.41, 5.74) is 7.39. The first kappa shape index (κ1) is 14.0. The number of aryl methyl sites for hydroxylation is 1. The molecule has 0 aromatic heterocycles. The standard InChI is InChI=1S/C13H17NO4/c1-8(2)18-12(15)7-17-13(16)10-4-5-11(14)9(3)6-10/h4-6,8H,7,14H2,1-3H3. The molecule has 0 bridgehead atoms. The lowest BCUT2D eigenvalue weighted by molar-refractivity contribution is -0.150. The van der Waals surface area contributed by atoms with Crippen molar-refractivity contribution >= 4 is 17.6 Å². The molecule has 0 aliphatic rings. The predicted molar refractivity (Wildman–Crippen MR) is 67.1 cm³/mol. The molecule has 18 heavy (non-hydrogen) atoms. The van der Waals surface area contributed by atoms with E-state index in [0.29, 0.717) is 11.3 Å². The van der Waals surface area contributed by atoms with Crippen LogP contribution in [0.15, 0.2) is 18.2 Å². The summed E-state index contributed by atoms with van der Waals surface area (Å²) >= 11 is 0. The quantitative estimate of drug-likeness (QED) is 0.650. The molecule has 0 unspecified atom stereocenters. The maximum Gasteiger partial charge on any atom is 0.344 e. The lowest BCUT2D eigenvalue weighted by Gasteiger charge is -2.09. The van der Waals surface area contributed by atoms with Crippen molar-refractivity contribution in [1.29, 1.82) is 0 Å². The predicted octanol–water partition coefficient (Wildman–Crippen LogP) is 1.69. The monoisotopic (exact) mass is 251 g/mol. The maximum atomic E-state index is 11.6. The normalized spacial score (nSPS) is 10.2. The van der Waals surface area contributed by atoms with Crippen molar-refractivity contribution in [1.82, 2.24) is 0 Å². The van der Waals surface area contributed by atoms with Crippen LogP contribution in [0.3, 0.4) is 0 Å². The number of benzene rings is 1. The molecule has 5 nitrogen and oxygen atoms in total. The fourth-order valence-electron chi connectivity index (χ4n) is 1.31. The number of nitrogens with two attached hydrogens (primary N) is 1. The second kappa shape index (κ2) is 6.05. The number of esters is 2. The number of anilines is 1. The lowest BCUT2D eigenvalue weighted by atomic mass is 10.1. The van der Waals surface area contributed by atoms with Gasteiger partial charge in [0, 0.05) is 5.69 Å². The molecule has 0 amide bonds. The molecular weight excluding hydrogens is 234 g/mol. The van der Waals surface area contributed by atoms with Crippen molar-refractivity contribution in [3.05, 3.63) is 29.3 Å². The first-order valence-electron chi connectivity index (χ1n) is 5.63. The number of hydrogen-bond donors (Lipinski definition) is 1. The zero-order chi connectivity index (χ0) is 13.7. The van der Waals surface area contributed by atoms with Crippen molar-refractivity contribution < 1.29 is 19.1 Å². The number of rotatable bonds is 4. The van der Waals surface area contributed by atoms with E-state index >= 15 is 0 Å². The molecule has 1 aromatic rings. The summed E-state index contributed by atoms with van der Waals surface area (Å²) in [6.07, 6.45) is -0.227. The molecule has 2 N–H and O–H groups in total. The number of hydrogen-bond acceptors (Lipinski definition) is 5. The molecule has 1 rings (SSSR count). The van der Waals surface area contributed by atoms with Crippen LogP contribution in [0.5, 0.6) is 0 Å². The number of carbonyl (C=O) groups is 2. The Kier molecular flexibility index (Phi) is 4.71. The van der Waals surface area contributed by atoms with Crippen LogP contribution < -0.4 is 5.73 Å². The summed E-state index contributed by atoms with van der Waals surface area (Å²) in [6, 6.07) is 4.79. The third kappa shape index (κ3) is 4.08. The Labute approximate surface area is 106 Å². The summed E-state index contributed by atoms with van der Waals surface area (Å²) in [6.45, 7) is 4.85. The highest BCUT2D eigenvalue weighted by atomic mass is 16.6. The van der Waals surface area contributed by atoms with Crippen LogP contribution in [0.1, 0.15) is 29.8 Å². The van der Waals surface area contributed by atoms with Crippen LogP contribution in [0.2, 0.25) is 0 Å². The van der Waals surface area contributed by atoms with Gasteiger partial charge in [0.1, 0.15) is 0 Å². The van der Waals surface area contributed by atoms with Crippen LogP contribution in [0.4, 0.5) is 5.69 Å². The fourth-order valence-corrected chi connectivity index (χ4v) is 1.31. The van der Waals surface area contributed by atoms with E-state index < -0.39 is 11.9 Å². The number of carbonyl (C=O) groups excluding carboxylic acids is 2. The molecule has 0 spiro atoms. The van der Waals surface area contributed by atoms with Crippen LogP contribution in [0.25, 0.3) is 0 Å². The van der Waals surface area contributed by atoms with Crippen molar-refractivity contribution in [2.75, 3.05) is 12.3 Å². The van der Waals surface area contributed by atoms with Gasteiger partial charge >= 0.3 is 11.9 Å². The molecule has 98 valence electrons. The Morgan fingerprint density at radius 3 is 2.56 bits per heavy atom. The molecule has 5 heteroatoms. The number of nitrogen functional groups attached to an aromatic ring is 1. The third-order valence-electron chi connectivity index (χ3n) is 2.19. The van der Waals surface area contributed by atoms with E-state index in [1.165, 1.54) is 0 Å². The second-order valence-electron chi connectivity index (χ2n) is 4.19. The zero-order valence-electron chi connectivity index (χ0n) is 10.7. The van der Waals surface area contributed by atoms with Gasteiger partial charge < -0.3 is 15.2 Å². The zero-order valence-corrected chi connectivity index (χ0v) is 10.7.